The second-order valence-electron chi connectivity index (χ2n) is 6.29. The van der Waals surface area contributed by atoms with Crippen LogP contribution in [0.25, 0.3) is 0 Å². The molecule has 132 valence electrons. The Morgan fingerprint density at radius 3 is 1.39 bits per heavy atom. The van der Waals surface area contributed by atoms with Crippen LogP contribution < -0.4 is 0 Å². The van der Waals surface area contributed by atoms with Crippen LogP contribution in [0.4, 0.5) is 0 Å². The summed E-state index contributed by atoms with van der Waals surface area (Å²) in [6.45, 7) is 2.48. The van der Waals surface area contributed by atoms with E-state index in [0.717, 1.165) is 12.8 Å². The molecule has 0 aromatic carbocycles. The van der Waals surface area contributed by atoms with Gasteiger partial charge in [-0.05, 0) is 6.42 Å². The first-order chi connectivity index (χ1) is 10.8. The second-order valence-corrected chi connectivity index (χ2v) is 6.29. The first-order valence-corrected chi connectivity index (χ1v) is 9.44. The first kappa shape index (κ1) is 25.0. The number of hydrogen-bond acceptors (Lipinski definition) is 3. The molecule has 0 spiro atoms. The number of hydrogen-bond donors (Lipinski definition) is 0. The third-order valence-electron chi connectivity index (χ3n) is 4.16. The van der Waals surface area contributed by atoms with Crippen LogP contribution in [-0.2, 0) is 33.8 Å². The van der Waals surface area contributed by atoms with E-state index >= 15 is 0 Å². The molecule has 0 saturated heterocycles. The molecule has 0 N–H and O–H groups in total. The van der Waals surface area contributed by atoms with Gasteiger partial charge in [0.25, 0.3) is 0 Å². The number of unbranched alkanes of at least 4 members (excludes halogenated alkanes) is 14. The molecule has 0 aliphatic carbocycles. The zero-order chi connectivity index (χ0) is 16.3. The van der Waals surface area contributed by atoms with Crippen LogP contribution in [0.15, 0.2) is 0 Å². The molecule has 4 heteroatoms. The molecule has 3 nitrogen and oxygen atoms in total. The van der Waals surface area contributed by atoms with Gasteiger partial charge in [0, 0.05) is 25.9 Å². The maximum Gasteiger partial charge on any atom is 0.313 e. The van der Waals surface area contributed by atoms with Crippen LogP contribution >= 0.6 is 0 Å². The van der Waals surface area contributed by atoms with E-state index in [9.17, 15) is 9.59 Å². The van der Waals surface area contributed by atoms with Crippen molar-refractivity contribution in [3.8, 4) is 0 Å². The minimum Gasteiger partial charge on any atom is -0.395 e. The van der Waals surface area contributed by atoms with Crippen LogP contribution in [0.5, 0.6) is 0 Å². The van der Waals surface area contributed by atoms with Crippen molar-refractivity contribution in [2.45, 2.75) is 110 Å². The first-order valence-electron chi connectivity index (χ1n) is 9.44. The Bertz CT molecular complexity index is 257. The van der Waals surface area contributed by atoms with Gasteiger partial charge in [0.2, 0.25) is 0 Å². The van der Waals surface area contributed by atoms with Gasteiger partial charge in [0.1, 0.15) is 0 Å². The number of rotatable bonds is 17. The van der Waals surface area contributed by atoms with Gasteiger partial charge in [0.05, 0.1) is 0 Å². The zero-order valence-electron chi connectivity index (χ0n) is 15.3. The van der Waals surface area contributed by atoms with E-state index < -0.39 is 5.97 Å². The van der Waals surface area contributed by atoms with Crippen molar-refractivity contribution >= 4 is 12.4 Å². The molecule has 0 aromatic rings. The van der Waals surface area contributed by atoms with E-state index in [4.69, 9.17) is 0 Å². The van der Waals surface area contributed by atoms with Crippen LogP contribution in [0, 0.1) is 0 Å². The Labute approximate surface area is 156 Å². The summed E-state index contributed by atoms with van der Waals surface area (Å²) < 4.78 is 4.24. The Hall–Kier alpha value is -0.237. The molecule has 0 amide bonds. The van der Waals surface area contributed by atoms with E-state index in [-0.39, 0.29) is 26.0 Å². The van der Waals surface area contributed by atoms with E-state index in [0.29, 0.717) is 6.42 Å². The molecule has 0 aliphatic heterocycles. The third-order valence-corrected chi connectivity index (χ3v) is 4.16. The number of esters is 1. The molecule has 0 unspecified atom stereocenters. The Balaban J connectivity index is 0. The summed E-state index contributed by atoms with van der Waals surface area (Å²) in [6.07, 6.45) is 20.0. The molecule has 0 aliphatic rings. The van der Waals surface area contributed by atoms with Crippen molar-refractivity contribution in [1.82, 2.24) is 0 Å². The van der Waals surface area contributed by atoms with Crippen molar-refractivity contribution in [3.63, 3.8) is 0 Å². The van der Waals surface area contributed by atoms with Gasteiger partial charge in [0.15, 0.2) is 0 Å². The summed E-state index contributed by atoms with van der Waals surface area (Å²) in [6, 6.07) is 0. The molecule has 0 radical (unpaired) electrons. The fourth-order valence-electron chi connectivity index (χ4n) is 2.75. The van der Waals surface area contributed by atoms with E-state index in [2.05, 4.69) is 11.7 Å². The minimum absolute atomic E-state index is 0. The molecule has 0 saturated carbocycles. The fourth-order valence-corrected chi connectivity index (χ4v) is 2.75. The maximum absolute atomic E-state index is 10.9. The molecule has 0 heterocycles. The molecule has 0 aromatic heterocycles. The second kappa shape index (κ2) is 21.8. The Morgan fingerprint density at radius 2 is 1.04 bits per heavy atom. The van der Waals surface area contributed by atoms with Gasteiger partial charge < -0.3 is 4.74 Å². The van der Waals surface area contributed by atoms with Crippen LogP contribution in [0.1, 0.15) is 110 Å². The molecule has 0 fully saturated rings. The van der Waals surface area contributed by atoms with Crippen molar-refractivity contribution < 1.29 is 33.8 Å². The quantitative estimate of drug-likeness (QED) is 0.103. The average molecular weight is 378 g/mol. The summed E-state index contributed by atoms with van der Waals surface area (Å²) in [7, 11) is 0. The van der Waals surface area contributed by atoms with Gasteiger partial charge in [-0.2, -0.15) is 0 Å². The molecular weight excluding hydrogens is 342 g/mol. The largest absolute Gasteiger partial charge is 0.395 e. The van der Waals surface area contributed by atoms with Gasteiger partial charge in [-0.1, -0.05) is 96.8 Å². The minimum atomic E-state index is -0.398. The predicted molar refractivity (Wildman–Crippen MR) is 91.7 cm³/mol. The SMILES string of the molecule is CCCCCCCCCCCCCCCCCC(=O)OC=O.[Zn]. The summed E-state index contributed by atoms with van der Waals surface area (Å²) in [4.78, 5) is 20.9. The van der Waals surface area contributed by atoms with Crippen LogP contribution in [0.2, 0.25) is 0 Å². The average Bonchev–Trinajstić information content (AvgIpc) is 2.51. The smallest absolute Gasteiger partial charge is 0.313 e. The van der Waals surface area contributed by atoms with E-state index in [1.807, 2.05) is 0 Å². The van der Waals surface area contributed by atoms with E-state index in [1.165, 1.54) is 83.5 Å². The van der Waals surface area contributed by atoms with Gasteiger partial charge >= 0.3 is 12.4 Å². The summed E-state index contributed by atoms with van der Waals surface area (Å²) in [5.74, 6) is -0.398. The zero-order valence-corrected chi connectivity index (χ0v) is 18.3. The summed E-state index contributed by atoms with van der Waals surface area (Å²) in [5, 5.41) is 0. The van der Waals surface area contributed by atoms with Crippen LogP contribution in [0.3, 0.4) is 0 Å². The standard InChI is InChI=1S/C19H36O3.Zn/c1-2-3-4-5-6-7-8-9-10-11-12-13-14-15-16-17-19(21)22-18-20;/h18H,2-17H2,1H3;. The molecule has 0 rings (SSSR count). The number of carbonyl (C=O) groups is 2. The summed E-state index contributed by atoms with van der Waals surface area (Å²) in [5.41, 5.74) is 0. The Kier molecular flexibility index (Phi) is 23.7. The van der Waals surface area contributed by atoms with Gasteiger partial charge in [-0.3, -0.25) is 9.59 Å². The van der Waals surface area contributed by atoms with Crippen molar-refractivity contribution in [1.29, 1.82) is 0 Å². The number of ether oxygens (including phenoxy) is 1. The van der Waals surface area contributed by atoms with Gasteiger partial charge in [-0.25, -0.2) is 0 Å². The monoisotopic (exact) mass is 376 g/mol. The normalized spacial score (nSPS) is 10.1. The third kappa shape index (κ3) is 21.8. The van der Waals surface area contributed by atoms with Crippen molar-refractivity contribution in [2.75, 3.05) is 0 Å². The summed E-state index contributed by atoms with van der Waals surface area (Å²) >= 11 is 0. The predicted octanol–water partition coefficient (Wildman–Crippen LogP) is 5.95. The topological polar surface area (TPSA) is 43.4 Å². The molecular formula is C19H36O3Zn. The molecule has 23 heavy (non-hydrogen) atoms. The van der Waals surface area contributed by atoms with Crippen LogP contribution in [-0.4, -0.2) is 12.4 Å². The maximum atomic E-state index is 10.9. The fraction of sp³-hybridized carbons (Fsp3) is 0.895. The molecule has 0 atom stereocenters. The van der Waals surface area contributed by atoms with E-state index in [1.54, 1.807) is 0 Å². The Morgan fingerprint density at radius 1 is 0.696 bits per heavy atom. The number of carbonyl (C=O) groups excluding carboxylic acids is 2. The van der Waals surface area contributed by atoms with Crippen molar-refractivity contribution in [3.05, 3.63) is 0 Å². The van der Waals surface area contributed by atoms with Crippen molar-refractivity contribution in [2.24, 2.45) is 0 Å². The van der Waals surface area contributed by atoms with Gasteiger partial charge in [-0.15, -0.1) is 0 Å². The molecule has 0 bridgehead atoms.